The van der Waals surface area contributed by atoms with E-state index in [9.17, 15) is 106 Å². The Labute approximate surface area is 634 Å². The van der Waals surface area contributed by atoms with Crippen molar-refractivity contribution in [2.24, 2.45) is 0 Å². The molecule has 5 aliphatic rings. The van der Waals surface area contributed by atoms with Crippen LogP contribution in [0.5, 0.6) is 0 Å². The Morgan fingerprint density at radius 3 is 1.43 bits per heavy atom. The van der Waals surface area contributed by atoms with Crippen molar-refractivity contribution in [3.05, 3.63) is 12.2 Å². The van der Waals surface area contributed by atoms with Crippen molar-refractivity contribution in [2.45, 2.75) is 391 Å². The molecule has 108 heavy (non-hydrogen) atoms. The molecule has 0 aromatic heterocycles. The Morgan fingerprint density at radius 2 is 0.917 bits per heavy atom. The second-order valence-electron chi connectivity index (χ2n) is 29.6. The Hall–Kier alpha value is -3.42. The van der Waals surface area contributed by atoms with E-state index >= 15 is 0 Å². The average Bonchev–Trinajstić information content (AvgIpc) is 0.749. The van der Waals surface area contributed by atoms with Crippen LogP contribution in [0.15, 0.2) is 12.2 Å². The topological polar surface area (TPSA) is 541 Å². The second kappa shape index (κ2) is 50.7. The van der Waals surface area contributed by atoms with Crippen LogP contribution in [0.2, 0.25) is 0 Å². The lowest BCUT2D eigenvalue weighted by Gasteiger charge is -2.52. The van der Waals surface area contributed by atoms with Gasteiger partial charge in [-0.2, -0.15) is 0 Å². The first-order chi connectivity index (χ1) is 51.8. The summed E-state index contributed by atoms with van der Waals surface area (Å²) in [5.41, 5.74) is 0. The molecule has 5 saturated heterocycles. The lowest BCUT2D eigenvalue weighted by atomic mass is 9.88. The molecule has 0 aromatic rings. The second-order valence-corrected chi connectivity index (χ2v) is 29.6. The van der Waals surface area contributed by atoms with Crippen LogP contribution in [0, 0.1) is 0 Å². The number of ether oxygens (including phenoxy) is 10. The fraction of sp³-hybridized carbons (Fsp3) is 0.919. The number of carbonyl (C=O) groups excluding carboxylic acids is 3. The number of allylic oxidation sites excluding steroid dienone is 1. The molecule has 0 bridgehead atoms. The maximum absolute atomic E-state index is 13.8. The zero-order valence-electron chi connectivity index (χ0n) is 63.5. The first-order valence-corrected chi connectivity index (χ1v) is 39.6. The van der Waals surface area contributed by atoms with E-state index in [1.54, 1.807) is 6.08 Å². The van der Waals surface area contributed by atoms with E-state index < -0.39 is 235 Å². The van der Waals surface area contributed by atoms with Gasteiger partial charge in [-0.1, -0.05) is 187 Å². The predicted octanol–water partition coefficient (Wildman–Crippen LogP) is -0.652. The summed E-state index contributed by atoms with van der Waals surface area (Å²) < 4.78 is 60.1. The maximum atomic E-state index is 13.8. The summed E-state index contributed by atoms with van der Waals surface area (Å²) >= 11 is 0. The van der Waals surface area contributed by atoms with Crippen LogP contribution in [0.1, 0.15) is 220 Å². The summed E-state index contributed by atoms with van der Waals surface area (Å²) in [5.74, 6) is -7.71. The minimum absolute atomic E-state index is 0.135. The molecule has 5 heterocycles. The third kappa shape index (κ3) is 29.5. The summed E-state index contributed by atoms with van der Waals surface area (Å²) in [4.78, 5) is 53.0. The highest BCUT2D eigenvalue weighted by molar-refractivity contribution is 5.77. The molecule has 34 heteroatoms. The van der Waals surface area contributed by atoms with Gasteiger partial charge in [0, 0.05) is 26.7 Å². The fourth-order valence-corrected chi connectivity index (χ4v) is 14.5. The molecule has 0 spiro atoms. The number of aliphatic carboxylic acids is 1. The van der Waals surface area contributed by atoms with Crippen LogP contribution in [0.25, 0.3) is 0 Å². The van der Waals surface area contributed by atoms with Gasteiger partial charge in [-0.05, 0) is 19.3 Å². The molecule has 0 saturated carbocycles. The number of carbonyl (C=O) groups is 4. The lowest BCUT2D eigenvalue weighted by molar-refractivity contribution is -0.403. The van der Waals surface area contributed by atoms with Crippen molar-refractivity contribution in [3.8, 4) is 0 Å². The highest BCUT2D eigenvalue weighted by atomic mass is 16.8. The molecule has 0 aromatic carbocycles. The van der Waals surface area contributed by atoms with Gasteiger partial charge in [-0.3, -0.25) is 14.4 Å². The van der Waals surface area contributed by atoms with Gasteiger partial charge in [-0.15, -0.1) is 0 Å². The normalized spacial score (nSPS) is 34.4. The van der Waals surface area contributed by atoms with Crippen LogP contribution in [-0.2, 0) is 66.5 Å². The molecular weight excluding hydrogens is 1430 g/mol. The molecule has 34 nitrogen and oxygen atoms in total. The molecule has 5 fully saturated rings. The van der Waals surface area contributed by atoms with Crippen LogP contribution < -0.4 is 16.0 Å². The van der Waals surface area contributed by atoms with Gasteiger partial charge in [0.2, 0.25) is 17.7 Å². The molecule has 20 N–H and O–H groups in total. The van der Waals surface area contributed by atoms with Gasteiger partial charge in [0.1, 0.15) is 116 Å². The number of rotatable bonds is 53. The smallest absolute Gasteiger partial charge is 0.364 e. The highest BCUT2D eigenvalue weighted by Gasteiger charge is 2.62. The van der Waals surface area contributed by atoms with Crippen LogP contribution in [0.3, 0.4) is 0 Å². The van der Waals surface area contributed by atoms with Crippen molar-refractivity contribution in [3.63, 3.8) is 0 Å². The molecule has 0 radical (unpaired) electrons. The lowest BCUT2D eigenvalue weighted by Crippen LogP contribution is -2.72. The Kier molecular flexibility index (Phi) is 44.7. The van der Waals surface area contributed by atoms with Crippen molar-refractivity contribution in [1.82, 2.24) is 16.0 Å². The SMILES string of the molecule is CCCCCCCCCCCCC/C=C\[C@H](O)[C@H](CO[C@@H]1O[C@H](CO)[C@@H](O[C@@H]2O[C@H](CO)[C@H](O[C@@H]3O[C@H](CO)[C@H](O)[C@H](O[C@@H]4O[C@H](CO)[C@H](O)[C@H](O)[C@H]4O)[C@H]3NC(C)=O)[C@H](O[C@]3(C(=O)O)C[C@H](O)[C@@H](NC(C)=O)[C@H]([C@H](O)[C@H](O)CO)O3)[C@H]2O)[C@H](O)[C@H]1O)NC(=O)CCCCCCCCCCCCCCCCCC. The van der Waals surface area contributed by atoms with E-state index in [-0.39, 0.29) is 12.3 Å². The molecule has 0 unspecified atom stereocenters. The van der Waals surface area contributed by atoms with Gasteiger partial charge in [0.05, 0.1) is 63.9 Å². The van der Waals surface area contributed by atoms with Crippen molar-refractivity contribution in [2.75, 3.05) is 39.6 Å². The number of hydrogen-bond donors (Lipinski definition) is 20. The summed E-state index contributed by atoms with van der Waals surface area (Å²) in [6, 6.07) is -4.81. The number of nitrogens with one attached hydrogen (secondary N) is 3. The van der Waals surface area contributed by atoms with Crippen molar-refractivity contribution < 1.29 is 153 Å². The molecule has 28 atom stereocenters. The Morgan fingerprint density at radius 1 is 0.481 bits per heavy atom. The molecular formula is C74H133N3O31. The summed E-state index contributed by atoms with van der Waals surface area (Å²) in [6.07, 6.45) is -15.4. The largest absolute Gasteiger partial charge is 0.477 e. The van der Waals surface area contributed by atoms with E-state index in [0.29, 0.717) is 12.8 Å². The number of unbranched alkanes of at least 4 members (excludes halogenated alkanes) is 26. The number of aliphatic hydroxyl groups is 16. The van der Waals surface area contributed by atoms with Gasteiger partial charge in [0.15, 0.2) is 25.2 Å². The number of carboxylic acids is 1. The summed E-state index contributed by atoms with van der Waals surface area (Å²) in [7, 11) is 0. The van der Waals surface area contributed by atoms with Crippen molar-refractivity contribution in [1.29, 1.82) is 0 Å². The molecule has 630 valence electrons. The minimum Gasteiger partial charge on any atom is -0.477 e. The quantitative estimate of drug-likeness (QED) is 0.0266. The number of aliphatic hydroxyl groups excluding tert-OH is 16. The maximum Gasteiger partial charge on any atom is 0.364 e. The van der Waals surface area contributed by atoms with Crippen LogP contribution >= 0.6 is 0 Å². The Bertz CT molecular complexity index is 2520. The van der Waals surface area contributed by atoms with E-state index in [1.165, 1.54) is 109 Å². The molecule has 3 amide bonds. The fourth-order valence-electron chi connectivity index (χ4n) is 14.5. The number of hydrogen-bond acceptors (Lipinski definition) is 30. The standard InChI is InChI=1S/C74H133N3O31/c1-5-7-9-11-13-15-17-19-20-21-23-25-27-29-31-33-35-53(88)77-45(46(85)34-32-30-28-26-24-22-18-16-14-12-10-8-6-2)42-99-70-62(95)60(93)64(51(40-81)102-70)104-72-63(96)68(108-74(73(97)98)36-47(86)54(75-43(3)83)67(107-74)56(89)48(87)37-78)65(52(41-82)103-72)105-69-55(76-44(4)84)66(58(91)50(39-80)100-69)106-71-61(94)59(92)57(90)49(38-79)101-71/h32,34,45-52,54-72,78-82,85-87,89-96H,5-31,33,35-42H2,1-4H3,(H,75,83)(H,76,84)(H,77,88)(H,97,98)/b34-32-/t45-,46-,47-,48+,49+,50+,51+,52+,54+,55+,56+,57-,58-,59-,60+,61+,62+,63+,64+,65-,66+,67+,68+,69-,70+,71-,72-,74-/m0/s1. The molecule has 0 aliphatic carbocycles. The summed E-state index contributed by atoms with van der Waals surface area (Å²) in [6.45, 7) is 0.325. The van der Waals surface area contributed by atoms with E-state index in [1.807, 2.05) is 6.08 Å². The van der Waals surface area contributed by atoms with E-state index in [4.69, 9.17) is 47.4 Å². The zero-order chi connectivity index (χ0) is 79.5. The third-order valence-electron chi connectivity index (χ3n) is 20.8. The third-order valence-corrected chi connectivity index (χ3v) is 20.8. The average molecular weight is 1560 g/mol. The van der Waals surface area contributed by atoms with Gasteiger partial charge in [0.25, 0.3) is 5.79 Å². The van der Waals surface area contributed by atoms with Gasteiger partial charge < -0.3 is 150 Å². The number of carboxylic acid groups (broad SMARTS) is 1. The van der Waals surface area contributed by atoms with E-state index in [2.05, 4.69) is 29.8 Å². The van der Waals surface area contributed by atoms with Crippen molar-refractivity contribution >= 4 is 23.7 Å². The first kappa shape index (κ1) is 95.2. The minimum atomic E-state index is -3.38. The predicted molar refractivity (Wildman–Crippen MR) is 383 cm³/mol. The van der Waals surface area contributed by atoms with Gasteiger partial charge in [-0.25, -0.2) is 4.79 Å². The monoisotopic (exact) mass is 1560 g/mol. The highest BCUT2D eigenvalue weighted by Crippen LogP contribution is 2.41. The van der Waals surface area contributed by atoms with Crippen LogP contribution in [0.4, 0.5) is 0 Å². The van der Waals surface area contributed by atoms with Crippen LogP contribution in [-0.4, -0.2) is 321 Å². The van der Waals surface area contributed by atoms with Gasteiger partial charge >= 0.3 is 5.97 Å². The Balaban J connectivity index is 1.39. The van der Waals surface area contributed by atoms with E-state index in [0.717, 1.165) is 71.6 Å². The number of amides is 3. The molecule has 5 aliphatic heterocycles. The first-order valence-electron chi connectivity index (χ1n) is 39.6. The molecule has 5 rings (SSSR count). The zero-order valence-corrected chi connectivity index (χ0v) is 63.5. The summed E-state index contributed by atoms with van der Waals surface area (Å²) in [5, 5.41) is 197.